The third-order valence-electron chi connectivity index (χ3n) is 2.58. The van der Waals surface area contributed by atoms with E-state index >= 15 is 0 Å². The molecule has 2 aromatic rings. The number of halogens is 1. The highest BCUT2D eigenvalue weighted by atomic mass is 35.5. The number of rotatable bonds is 5. The number of aryl methyl sites for hydroxylation is 1. The highest BCUT2D eigenvalue weighted by molar-refractivity contribution is 6.30. The van der Waals surface area contributed by atoms with Gasteiger partial charge in [0.05, 0.1) is 11.9 Å². The van der Waals surface area contributed by atoms with Gasteiger partial charge in [0.2, 0.25) is 0 Å². The van der Waals surface area contributed by atoms with Crippen LogP contribution in [0, 0.1) is 0 Å². The Morgan fingerprint density at radius 2 is 1.94 bits per heavy atom. The molecule has 0 saturated carbocycles. The fourth-order valence-electron chi connectivity index (χ4n) is 1.67. The zero-order valence-electron chi connectivity index (χ0n) is 9.51. The lowest BCUT2D eigenvalue weighted by Gasteiger charge is -2.05. The molecule has 5 heteroatoms. The number of hydrogen-bond acceptors (Lipinski definition) is 3. The van der Waals surface area contributed by atoms with E-state index in [1.165, 1.54) is 0 Å². The van der Waals surface area contributed by atoms with Gasteiger partial charge in [0.1, 0.15) is 0 Å². The van der Waals surface area contributed by atoms with Gasteiger partial charge in [0.25, 0.3) is 0 Å². The standard InChI is InChI=1S/C12H15ClN4/c13-11-5-3-10(4-6-11)12-9-15-16-17(12)8-2-1-7-14/h3-6,9H,1-2,7-8,14H2. The minimum absolute atomic E-state index is 0.713. The molecule has 0 amide bonds. The van der Waals surface area contributed by atoms with Crippen LogP contribution in [-0.2, 0) is 6.54 Å². The average molecular weight is 251 g/mol. The summed E-state index contributed by atoms with van der Waals surface area (Å²) in [7, 11) is 0. The van der Waals surface area contributed by atoms with Crippen molar-refractivity contribution in [1.29, 1.82) is 0 Å². The molecular formula is C12H15ClN4. The van der Waals surface area contributed by atoms with Crippen LogP contribution in [0.1, 0.15) is 12.8 Å². The molecule has 17 heavy (non-hydrogen) atoms. The highest BCUT2D eigenvalue weighted by Crippen LogP contribution is 2.20. The van der Waals surface area contributed by atoms with Gasteiger partial charge in [-0.3, -0.25) is 0 Å². The molecular weight excluding hydrogens is 236 g/mol. The molecule has 0 saturated heterocycles. The molecule has 0 aliphatic rings. The topological polar surface area (TPSA) is 56.7 Å². The Bertz CT molecular complexity index is 464. The first-order chi connectivity index (χ1) is 8.31. The Hall–Kier alpha value is -1.39. The molecule has 0 fully saturated rings. The molecule has 4 nitrogen and oxygen atoms in total. The summed E-state index contributed by atoms with van der Waals surface area (Å²) in [6.07, 6.45) is 3.78. The minimum Gasteiger partial charge on any atom is -0.330 e. The number of unbranched alkanes of at least 4 members (excludes halogenated alkanes) is 1. The maximum atomic E-state index is 5.86. The van der Waals surface area contributed by atoms with Crippen LogP contribution >= 0.6 is 11.6 Å². The fraction of sp³-hybridized carbons (Fsp3) is 0.333. The molecule has 2 rings (SSSR count). The van der Waals surface area contributed by atoms with E-state index in [-0.39, 0.29) is 0 Å². The number of nitrogens with two attached hydrogens (primary N) is 1. The summed E-state index contributed by atoms with van der Waals surface area (Å²) in [5.74, 6) is 0. The van der Waals surface area contributed by atoms with Crippen LogP contribution in [0.2, 0.25) is 5.02 Å². The Morgan fingerprint density at radius 3 is 2.65 bits per heavy atom. The van der Waals surface area contributed by atoms with E-state index in [1.54, 1.807) is 6.20 Å². The fourth-order valence-corrected chi connectivity index (χ4v) is 1.80. The molecule has 0 bridgehead atoms. The Balaban J connectivity index is 2.15. The first-order valence-electron chi connectivity index (χ1n) is 5.66. The van der Waals surface area contributed by atoms with Gasteiger partial charge >= 0.3 is 0 Å². The van der Waals surface area contributed by atoms with Crippen molar-refractivity contribution in [3.63, 3.8) is 0 Å². The van der Waals surface area contributed by atoms with Gasteiger partial charge in [-0.25, -0.2) is 4.68 Å². The van der Waals surface area contributed by atoms with Crippen molar-refractivity contribution in [3.8, 4) is 11.3 Å². The summed E-state index contributed by atoms with van der Waals surface area (Å²) in [6.45, 7) is 1.56. The van der Waals surface area contributed by atoms with E-state index < -0.39 is 0 Å². The Labute approximate surface area is 105 Å². The molecule has 1 heterocycles. The lowest BCUT2D eigenvalue weighted by atomic mass is 10.1. The van der Waals surface area contributed by atoms with Crippen LogP contribution < -0.4 is 5.73 Å². The third-order valence-corrected chi connectivity index (χ3v) is 2.83. The second-order valence-corrected chi connectivity index (χ2v) is 4.28. The highest BCUT2D eigenvalue weighted by Gasteiger charge is 2.05. The van der Waals surface area contributed by atoms with E-state index in [0.29, 0.717) is 6.54 Å². The van der Waals surface area contributed by atoms with E-state index in [1.807, 2.05) is 28.9 Å². The van der Waals surface area contributed by atoms with Gasteiger partial charge in [-0.2, -0.15) is 0 Å². The Kier molecular flexibility index (Phi) is 4.12. The van der Waals surface area contributed by atoms with Crippen molar-refractivity contribution in [1.82, 2.24) is 15.0 Å². The monoisotopic (exact) mass is 250 g/mol. The van der Waals surface area contributed by atoms with E-state index in [0.717, 1.165) is 35.7 Å². The Morgan fingerprint density at radius 1 is 1.18 bits per heavy atom. The first-order valence-corrected chi connectivity index (χ1v) is 6.03. The first kappa shape index (κ1) is 12.1. The van der Waals surface area contributed by atoms with Crippen LogP contribution in [0.3, 0.4) is 0 Å². The molecule has 90 valence electrons. The molecule has 1 aromatic heterocycles. The number of hydrogen-bond donors (Lipinski definition) is 1. The molecule has 1 aromatic carbocycles. The molecule has 0 aliphatic heterocycles. The number of benzene rings is 1. The molecule has 0 unspecified atom stereocenters. The van der Waals surface area contributed by atoms with Gasteiger partial charge in [0, 0.05) is 17.1 Å². The van der Waals surface area contributed by atoms with Gasteiger partial charge < -0.3 is 5.73 Å². The smallest absolute Gasteiger partial charge is 0.0885 e. The average Bonchev–Trinajstić information content (AvgIpc) is 2.79. The number of nitrogens with zero attached hydrogens (tertiary/aromatic N) is 3. The minimum atomic E-state index is 0.713. The van der Waals surface area contributed by atoms with Crippen LogP contribution in [0.15, 0.2) is 30.5 Å². The van der Waals surface area contributed by atoms with Gasteiger partial charge in [-0.1, -0.05) is 28.9 Å². The van der Waals surface area contributed by atoms with Crippen molar-refractivity contribution in [2.75, 3.05) is 6.54 Å². The summed E-state index contributed by atoms with van der Waals surface area (Å²) >= 11 is 5.86. The van der Waals surface area contributed by atoms with Crippen LogP contribution in [-0.4, -0.2) is 21.5 Å². The summed E-state index contributed by atoms with van der Waals surface area (Å²) in [5, 5.41) is 8.76. The van der Waals surface area contributed by atoms with Crippen LogP contribution in [0.4, 0.5) is 0 Å². The molecule has 0 radical (unpaired) electrons. The maximum Gasteiger partial charge on any atom is 0.0885 e. The summed E-state index contributed by atoms with van der Waals surface area (Å²) in [4.78, 5) is 0. The largest absolute Gasteiger partial charge is 0.330 e. The third kappa shape index (κ3) is 3.05. The lowest BCUT2D eigenvalue weighted by Crippen LogP contribution is -2.05. The second-order valence-electron chi connectivity index (χ2n) is 3.85. The number of aromatic nitrogens is 3. The van der Waals surface area contributed by atoms with Gasteiger partial charge in [-0.05, 0) is 31.5 Å². The maximum absolute atomic E-state index is 5.86. The van der Waals surface area contributed by atoms with Crippen molar-refractivity contribution in [2.24, 2.45) is 5.73 Å². The predicted molar refractivity (Wildman–Crippen MR) is 68.8 cm³/mol. The summed E-state index contributed by atoms with van der Waals surface area (Å²) in [5.41, 5.74) is 7.56. The van der Waals surface area contributed by atoms with Crippen molar-refractivity contribution < 1.29 is 0 Å². The van der Waals surface area contributed by atoms with E-state index in [4.69, 9.17) is 17.3 Å². The van der Waals surface area contributed by atoms with E-state index in [2.05, 4.69) is 10.3 Å². The van der Waals surface area contributed by atoms with Crippen molar-refractivity contribution in [3.05, 3.63) is 35.5 Å². The summed E-state index contributed by atoms with van der Waals surface area (Å²) in [6, 6.07) is 7.68. The molecule has 0 spiro atoms. The molecule has 2 N–H and O–H groups in total. The normalized spacial score (nSPS) is 10.7. The lowest BCUT2D eigenvalue weighted by molar-refractivity contribution is 0.549. The van der Waals surface area contributed by atoms with Gasteiger partial charge in [0.15, 0.2) is 0 Å². The van der Waals surface area contributed by atoms with E-state index in [9.17, 15) is 0 Å². The van der Waals surface area contributed by atoms with Crippen molar-refractivity contribution in [2.45, 2.75) is 19.4 Å². The predicted octanol–water partition coefficient (Wildman–Crippen LogP) is 2.34. The summed E-state index contributed by atoms with van der Waals surface area (Å²) < 4.78 is 1.90. The second kappa shape index (κ2) is 5.80. The van der Waals surface area contributed by atoms with Crippen molar-refractivity contribution >= 4 is 11.6 Å². The molecule has 0 atom stereocenters. The van der Waals surface area contributed by atoms with Crippen LogP contribution in [0.5, 0.6) is 0 Å². The van der Waals surface area contributed by atoms with Gasteiger partial charge in [-0.15, -0.1) is 5.10 Å². The SMILES string of the molecule is NCCCCn1nncc1-c1ccc(Cl)cc1. The molecule has 0 aliphatic carbocycles. The quantitative estimate of drug-likeness (QED) is 0.829. The van der Waals surface area contributed by atoms with Crippen LogP contribution in [0.25, 0.3) is 11.3 Å². The zero-order valence-corrected chi connectivity index (χ0v) is 10.3. The zero-order chi connectivity index (χ0) is 12.1.